The molecule has 0 aromatic heterocycles. The maximum atomic E-state index is 12.1. The Balaban J connectivity index is 2.09. The fourth-order valence-corrected chi connectivity index (χ4v) is 2.70. The second-order valence-corrected chi connectivity index (χ2v) is 6.13. The van der Waals surface area contributed by atoms with Gasteiger partial charge in [0.2, 0.25) is 5.91 Å². The van der Waals surface area contributed by atoms with Crippen LogP contribution in [0.15, 0.2) is 0 Å². The Morgan fingerprint density at radius 1 is 1.33 bits per heavy atom. The molecule has 0 spiro atoms. The van der Waals surface area contributed by atoms with E-state index in [0.717, 1.165) is 25.7 Å². The number of carbonyl (C=O) groups is 2. The molecular formula is C13H22N2O3. The first kappa shape index (κ1) is 13.2. The van der Waals surface area contributed by atoms with Crippen LogP contribution >= 0.6 is 0 Å². The topological polar surface area (TPSA) is 58.6 Å². The fraction of sp³-hybridized carbons (Fsp3) is 0.846. The summed E-state index contributed by atoms with van der Waals surface area (Å²) in [4.78, 5) is 25.4. The molecule has 1 aliphatic heterocycles. The molecule has 2 amide bonds. The molecule has 0 bridgehead atoms. The van der Waals surface area contributed by atoms with Gasteiger partial charge in [0.1, 0.15) is 12.1 Å². The number of rotatable bonds is 0. The molecule has 2 fully saturated rings. The lowest BCUT2D eigenvalue weighted by molar-refractivity contribution is -0.128. The Hall–Kier alpha value is -1.26. The summed E-state index contributed by atoms with van der Waals surface area (Å²) >= 11 is 0. The minimum atomic E-state index is -0.519. The first-order valence-electron chi connectivity index (χ1n) is 6.66. The molecule has 2 aliphatic rings. The molecule has 2 atom stereocenters. The van der Waals surface area contributed by atoms with Gasteiger partial charge in [-0.15, -0.1) is 0 Å². The van der Waals surface area contributed by atoms with Crippen LogP contribution in [0, 0.1) is 0 Å². The lowest BCUT2D eigenvalue weighted by atomic mass is 9.88. The molecule has 1 N–H and O–H groups in total. The van der Waals surface area contributed by atoms with Gasteiger partial charge in [0.15, 0.2) is 0 Å². The van der Waals surface area contributed by atoms with Gasteiger partial charge in [0, 0.05) is 6.04 Å². The van der Waals surface area contributed by atoms with Crippen LogP contribution in [0.1, 0.15) is 46.5 Å². The summed E-state index contributed by atoms with van der Waals surface area (Å²) < 4.78 is 5.38. The van der Waals surface area contributed by atoms with Gasteiger partial charge in [-0.3, -0.25) is 9.69 Å². The molecule has 2 rings (SSSR count). The van der Waals surface area contributed by atoms with E-state index >= 15 is 0 Å². The molecule has 1 saturated heterocycles. The number of amides is 2. The Bertz CT molecular complexity index is 349. The molecular weight excluding hydrogens is 232 g/mol. The highest BCUT2D eigenvalue weighted by Gasteiger charge is 2.40. The lowest BCUT2D eigenvalue weighted by Gasteiger charge is -2.43. The van der Waals surface area contributed by atoms with Crippen LogP contribution in [0.4, 0.5) is 4.79 Å². The fourth-order valence-electron chi connectivity index (χ4n) is 2.70. The number of fused-ring (bicyclic) bond motifs is 1. The average Bonchev–Trinajstić information content (AvgIpc) is 2.25. The number of hydrogen-bond acceptors (Lipinski definition) is 3. The Labute approximate surface area is 108 Å². The standard InChI is InChI=1S/C13H22N2O3/c1-13(2,3)18-12(17)15-8-11(16)14-9-6-4-5-7-10(9)15/h9-10H,4-8H2,1-3H3,(H,14,16). The highest BCUT2D eigenvalue weighted by atomic mass is 16.6. The zero-order valence-corrected chi connectivity index (χ0v) is 11.4. The normalized spacial score (nSPS) is 28.4. The number of hydrogen-bond donors (Lipinski definition) is 1. The third kappa shape index (κ3) is 2.94. The summed E-state index contributed by atoms with van der Waals surface area (Å²) in [6.07, 6.45) is 3.76. The number of piperazine rings is 1. The summed E-state index contributed by atoms with van der Waals surface area (Å²) in [6.45, 7) is 5.64. The molecule has 1 saturated carbocycles. The van der Waals surface area contributed by atoms with E-state index in [1.54, 1.807) is 4.90 Å². The monoisotopic (exact) mass is 254 g/mol. The average molecular weight is 254 g/mol. The predicted octanol–water partition coefficient (Wildman–Crippen LogP) is 1.66. The highest BCUT2D eigenvalue weighted by molar-refractivity contribution is 5.84. The van der Waals surface area contributed by atoms with Crippen molar-refractivity contribution in [1.82, 2.24) is 10.2 Å². The molecule has 1 aliphatic carbocycles. The number of nitrogens with zero attached hydrogens (tertiary/aromatic N) is 1. The van der Waals surface area contributed by atoms with E-state index in [1.807, 2.05) is 20.8 Å². The van der Waals surface area contributed by atoms with Gasteiger partial charge in [-0.05, 0) is 33.6 Å². The van der Waals surface area contributed by atoms with Gasteiger partial charge in [0.05, 0.1) is 6.04 Å². The second kappa shape index (κ2) is 4.78. The zero-order valence-electron chi connectivity index (χ0n) is 11.4. The minimum absolute atomic E-state index is 0.0796. The number of nitrogens with one attached hydrogen (secondary N) is 1. The van der Waals surface area contributed by atoms with Crippen LogP contribution in [0.5, 0.6) is 0 Å². The van der Waals surface area contributed by atoms with Crippen molar-refractivity contribution >= 4 is 12.0 Å². The molecule has 102 valence electrons. The minimum Gasteiger partial charge on any atom is -0.444 e. The van der Waals surface area contributed by atoms with E-state index < -0.39 is 5.60 Å². The van der Waals surface area contributed by atoms with Crippen LogP contribution in [-0.4, -0.2) is 41.1 Å². The highest BCUT2D eigenvalue weighted by Crippen LogP contribution is 2.27. The van der Waals surface area contributed by atoms with Crippen molar-refractivity contribution in [2.45, 2.75) is 64.1 Å². The first-order valence-corrected chi connectivity index (χ1v) is 6.66. The van der Waals surface area contributed by atoms with Gasteiger partial charge >= 0.3 is 6.09 Å². The zero-order chi connectivity index (χ0) is 13.3. The van der Waals surface area contributed by atoms with Crippen molar-refractivity contribution in [3.8, 4) is 0 Å². The molecule has 2 unspecified atom stereocenters. The van der Waals surface area contributed by atoms with E-state index in [9.17, 15) is 9.59 Å². The quantitative estimate of drug-likeness (QED) is 0.715. The maximum Gasteiger partial charge on any atom is 0.411 e. The van der Waals surface area contributed by atoms with Crippen LogP contribution in [0.2, 0.25) is 0 Å². The molecule has 5 nitrogen and oxygen atoms in total. The summed E-state index contributed by atoms with van der Waals surface area (Å²) in [5.74, 6) is -0.0796. The van der Waals surface area contributed by atoms with Gasteiger partial charge in [-0.2, -0.15) is 0 Å². The molecule has 0 aromatic rings. The van der Waals surface area contributed by atoms with Crippen molar-refractivity contribution in [3.63, 3.8) is 0 Å². The molecule has 0 radical (unpaired) electrons. The predicted molar refractivity (Wildman–Crippen MR) is 67.1 cm³/mol. The largest absolute Gasteiger partial charge is 0.444 e. The molecule has 18 heavy (non-hydrogen) atoms. The number of ether oxygens (including phenoxy) is 1. The Kier molecular flexibility index (Phi) is 3.50. The van der Waals surface area contributed by atoms with Gasteiger partial charge in [-0.1, -0.05) is 12.8 Å². The summed E-state index contributed by atoms with van der Waals surface area (Å²) in [7, 11) is 0. The van der Waals surface area contributed by atoms with Crippen LogP contribution in [-0.2, 0) is 9.53 Å². The van der Waals surface area contributed by atoms with Crippen molar-refractivity contribution in [2.24, 2.45) is 0 Å². The van der Waals surface area contributed by atoms with Crippen molar-refractivity contribution in [2.75, 3.05) is 6.54 Å². The third-order valence-electron chi connectivity index (χ3n) is 3.42. The van der Waals surface area contributed by atoms with Crippen LogP contribution < -0.4 is 5.32 Å². The van der Waals surface area contributed by atoms with Crippen molar-refractivity contribution < 1.29 is 14.3 Å². The smallest absolute Gasteiger partial charge is 0.411 e. The summed E-state index contributed by atoms with van der Waals surface area (Å²) in [5, 5.41) is 2.98. The lowest BCUT2D eigenvalue weighted by Crippen LogP contribution is -2.63. The van der Waals surface area contributed by atoms with Gasteiger partial charge < -0.3 is 10.1 Å². The third-order valence-corrected chi connectivity index (χ3v) is 3.42. The maximum absolute atomic E-state index is 12.1. The van der Waals surface area contributed by atoms with E-state index in [-0.39, 0.29) is 30.6 Å². The van der Waals surface area contributed by atoms with E-state index in [4.69, 9.17) is 4.74 Å². The van der Waals surface area contributed by atoms with Gasteiger partial charge in [0.25, 0.3) is 0 Å². The molecule has 5 heteroatoms. The van der Waals surface area contributed by atoms with E-state index in [0.29, 0.717) is 0 Å². The van der Waals surface area contributed by atoms with E-state index in [2.05, 4.69) is 5.32 Å². The Morgan fingerprint density at radius 3 is 2.67 bits per heavy atom. The summed E-state index contributed by atoms with van der Waals surface area (Å²) in [6, 6.07) is 0.207. The van der Waals surface area contributed by atoms with E-state index in [1.165, 1.54) is 0 Å². The second-order valence-electron chi connectivity index (χ2n) is 6.13. The van der Waals surface area contributed by atoms with Crippen molar-refractivity contribution in [3.05, 3.63) is 0 Å². The van der Waals surface area contributed by atoms with Crippen LogP contribution in [0.3, 0.4) is 0 Å². The number of carbonyl (C=O) groups excluding carboxylic acids is 2. The SMILES string of the molecule is CC(C)(C)OC(=O)N1CC(=O)NC2CCCCC21. The van der Waals surface area contributed by atoms with Crippen LogP contribution in [0.25, 0.3) is 0 Å². The molecule has 1 heterocycles. The van der Waals surface area contributed by atoms with Crippen molar-refractivity contribution in [1.29, 1.82) is 0 Å². The molecule has 0 aromatic carbocycles. The van der Waals surface area contributed by atoms with Gasteiger partial charge in [-0.25, -0.2) is 4.79 Å². The first-order chi connectivity index (χ1) is 8.37. The Morgan fingerprint density at radius 2 is 2.00 bits per heavy atom. The summed E-state index contributed by atoms with van der Waals surface area (Å²) in [5.41, 5.74) is -0.519.